The number of halogens is 1. The standard InChI is InChI=1S/C10H10ClN3O/c1-13-9(12-14(2)10(13)15)7-3-5-8(11)6-4-7/h3-6H,1-2H3. The van der Waals surface area contributed by atoms with E-state index in [1.807, 2.05) is 12.1 Å². The lowest BCUT2D eigenvalue weighted by molar-refractivity contribution is 0.714. The van der Waals surface area contributed by atoms with Crippen LogP contribution in [0.5, 0.6) is 0 Å². The van der Waals surface area contributed by atoms with Crippen molar-refractivity contribution in [3.63, 3.8) is 0 Å². The normalized spacial score (nSPS) is 10.6. The van der Waals surface area contributed by atoms with E-state index in [9.17, 15) is 4.79 Å². The Morgan fingerprint density at radius 2 is 1.80 bits per heavy atom. The van der Waals surface area contributed by atoms with Crippen LogP contribution < -0.4 is 5.69 Å². The first-order valence-electron chi connectivity index (χ1n) is 4.45. The fourth-order valence-electron chi connectivity index (χ4n) is 1.41. The Balaban J connectivity index is 2.59. The molecule has 5 heteroatoms. The number of benzene rings is 1. The SMILES string of the molecule is Cn1nc(-c2ccc(Cl)cc2)n(C)c1=O. The Morgan fingerprint density at radius 3 is 2.27 bits per heavy atom. The van der Waals surface area contributed by atoms with Gasteiger partial charge in [0, 0.05) is 24.7 Å². The minimum absolute atomic E-state index is 0.139. The van der Waals surface area contributed by atoms with Crippen molar-refractivity contribution in [2.45, 2.75) is 0 Å². The monoisotopic (exact) mass is 223 g/mol. The molecule has 0 amide bonds. The summed E-state index contributed by atoms with van der Waals surface area (Å²) in [6.07, 6.45) is 0. The maximum atomic E-state index is 11.5. The Labute approximate surface area is 91.7 Å². The van der Waals surface area contributed by atoms with Gasteiger partial charge in [-0.2, -0.15) is 0 Å². The molecule has 1 heterocycles. The molecule has 0 radical (unpaired) electrons. The number of rotatable bonds is 1. The van der Waals surface area contributed by atoms with Crippen molar-refractivity contribution in [3.05, 3.63) is 39.8 Å². The highest BCUT2D eigenvalue weighted by molar-refractivity contribution is 6.30. The number of hydrogen-bond donors (Lipinski definition) is 0. The van der Waals surface area contributed by atoms with Gasteiger partial charge in [0.2, 0.25) is 0 Å². The molecule has 0 atom stereocenters. The molecule has 0 N–H and O–H groups in total. The van der Waals surface area contributed by atoms with E-state index in [-0.39, 0.29) is 5.69 Å². The third-order valence-corrected chi connectivity index (χ3v) is 2.48. The molecule has 4 nitrogen and oxygen atoms in total. The van der Waals surface area contributed by atoms with Gasteiger partial charge in [0.1, 0.15) is 0 Å². The molecule has 0 aliphatic carbocycles. The average molecular weight is 224 g/mol. The average Bonchev–Trinajstić information content (AvgIpc) is 2.47. The smallest absolute Gasteiger partial charge is 0.278 e. The summed E-state index contributed by atoms with van der Waals surface area (Å²) in [4.78, 5) is 11.5. The quantitative estimate of drug-likeness (QED) is 0.734. The van der Waals surface area contributed by atoms with Crippen LogP contribution in [0.2, 0.25) is 5.02 Å². The van der Waals surface area contributed by atoms with Gasteiger partial charge < -0.3 is 0 Å². The van der Waals surface area contributed by atoms with Crippen LogP contribution >= 0.6 is 11.6 Å². The van der Waals surface area contributed by atoms with Gasteiger partial charge in [0.05, 0.1) is 0 Å². The molecule has 15 heavy (non-hydrogen) atoms. The van der Waals surface area contributed by atoms with Gasteiger partial charge in [-0.05, 0) is 24.3 Å². The third kappa shape index (κ3) is 1.68. The van der Waals surface area contributed by atoms with Crippen LogP contribution in [0, 0.1) is 0 Å². The molecule has 78 valence electrons. The molecule has 1 aromatic carbocycles. The van der Waals surface area contributed by atoms with E-state index < -0.39 is 0 Å². The molecule has 2 aromatic rings. The molecule has 1 aromatic heterocycles. The zero-order valence-electron chi connectivity index (χ0n) is 8.44. The second-order valence-corrected chi connectivity index (χ2v) is 3.73. The molecule has 0 aliphatic heterocycles. The Hall–Kier alpha value is -1.55. The van der Waals surface area contributed by atoms with Crippen LogP contribution in [0.3, 0.4) is 0 Å². The number of aromatic nitrogens is 3. The number of nitrogens with zero attached hydrogens (tertiary/aromatic N) is 3. The van der Waals surface area contributed by atoms with Gasteiger partial charge in [-0.3, -0.25) is 4.57 Å². The second kappa shape index (κ2) is 3.55. The van der Waals surface area contributed by atoms with Crippen LogP contribution in [0.25, 0.3) is 11.4 Å². The van der Waals surface area contributed by atoms with Crippen LogP contribution in [0.15, 0.2) is 29.1 Å². The van der Waals surface area contributed by atoms with Crippen LogP contribution in [-0.2, 0) is 14.1 Å². The van der Waals surface area contributed by atoms with Crippen LogP contribution in [0.4, 0.5) is 0 Å². The Bertz CT molecular complexity index is 539. The largest absolute Gasteiger partial charge is 0.345 e. The van der Waals surface area contributed by atoms with Crippen LogP contribution in [-0.4, -0.2) is 14.3 Å². The van der Waals surface area contributed by atoms with Crippen molar-refractivity contribution in [1.82, 2.24) is 14.3 Å². The Kier molecular flexibility index (Phi) is 2.36. The molecule has 0 unspecified atom stereocenters. The van der Waals surface area contributed by atoms with Crippen molar-refractivity contribution in [2.24, 2.45) is 14.1 Å². The van der Waals surface area contributed by atoms with Gasteiger partial charge >= 0.3 is 5.69 Å². The predicted molar refractivity (Wildman–Crippen MR) is 58.9 cm³/mol. The highest BCUT2D eigenvalue weighted by atomic mass is 35.5. The van der Waals surface area contributed by atoms with Crippen molar-refractivity contribution < 1.29 is 0 Å². The zero-order chi connectivity index (χ0) is 11.0. The molecular formula is C10H10ClN3O. The lowest BCUT2D eigenvalue weighted by Gasteiger charge is -1.98. The second-order valence-electron chi connectivity index (χ2n) is 3.30. The minimum atomic E-state index is -0.139. The summed E-state index contributed by atoms with van der Waals surface area (Å²) in [6, 6.07) is 7.22. The minimum Gasteiger partial charge on any atom is -0.278 e. The van der Waals surface area contributed by atoms with Gasteiger partial charge in [-0.15, -0.1) is 5.10 Å². The molecule has 0 spiro atoms. The maximum Gasteiger partial charge on any atom is 0.345 e. The van der Waals surface area contributed by atoms with E-state index in [0.29, 0.717) is 10.8 Å². The van der Waals surface area contributed by atoms with Crippen molar-refractivity contribution in [2.75, 3.05) is 0 Å². The van der Waals surface area contributed by atoms with Crippen molar-refractivity contribution in [1.29, 1.82) is 0 Å². The third-order valence-electron chi connectivity index (χ3n) is 2.23. The molecule has 0 bridgehead atoms. The highest BCUT2D eigenvalue weighted by Crippen LogP contribution is 2.17. The fraction of sp³-hybridized carbons (Fsp3) is 0.200. The topological polar surface area (TPSA) is 39.8 Å². The number of aryl methyl sites for hydroxylation is 1. The summed E-state index contributed by atoms with van der Waals surface area (Å²) >= 11 is 5.78. The lowest BCUT2D eigenvalue weighted by Crippen LogP contribution is -2.20. The van der Waals surface area contributed by atoms with E-state index in [1.54, 1.807) is 26.2 Å². The van der Waals surface area contributed by atoms with E-state index in [2.05, 4.69) is 5.10 Å². The summed E-state index contributed by atoms with van der Waals surface area (Å²) in [7, 11) is 3.32. The predicted octanol–water partition coefficient (Wildman–Crippen LogP) is 1.44. The van der Waals surface area contributed by atoms with E-state index in [0.717, 1.165) is 5.56 Å². The highest BCUT2D eigenvalue weighted by Gasteiger charge is 2.08. The van der Waals surface area contributed by atoms with Crippen LogP contribution in [0.1, 0.15) is 0 Å². The first-order valence-corrected chi connectivity index (χ1v) is 4.83. The van der Waals surface area contributed by atoms with Gasteiger partial charge in [-0.1, -0.05) is 11.6 Å². The van der Waals surface area contributed by atoms with Gasteiger partial charge in [0.25, 0.3) is 0 Å². The van der Waals surface area contributed by atoms with Crippen molar-refractivity contribution >= 4 is 11.6 Å². The zero-order valence-corrected chi connectivity index (χ0v) is 9.19. The summed E-state index contributed by atoms with van der Waals surface area (Å²) < 4.78 is 2.81. The summed E-state index contributed by atoms with van der Waals surface area (Å²) in [5.74, 6) is 0.638. The van der Waals surface area contributed by atoms with E-state index in [1.165, 1.54) is 9.25 Å². The molecule has 0 aliphatic rings. The molecule has 0 fully saturated rings. The first kappa shape index (κ1) is 9.98. The maximum absolute atomic E-state index is 11.5. The molecular weight excluding hydrogens is 214 g/mol. The fourth-order valence-corrected chi connectivity index (χ4v) is 1.54. The van der Waals surface area contributed by atoms with Gasteiger partial charge in [-0.25, -0.2) is 9.48 Å². The summed E-state index contributed by atoms with van der Waals surface area (Å²) in [5, 5.41) is 4.80. The molecule has 0 saturated heterocycles. The first-order chi connectivity index (χ1) is 7.09. The summed E-state index contributed by atoms with van der Waals surface area (Å²) in [6.45, 7) is 0. The Morgan fingerprint density at radius 1 is 1.20 bits per heavy atom. The summed E-state index contributed by atoms with van der Waals surface area (Å²) in [5.41, 5.74) is 0.736. The van der Waals surface area contributed by atoms with E-state index >= 15 is 0 Å². The van der Waals surface area contributed by atoms with E-state index in [4.69, 9.17) is 11.6 Å². The molecule has 0 saturated carbocycles. The van der Waals surface area contributed by atoms with Gasteiger partial charge in [0.15, 0.2) is 5.82 Å². The lowest BCUT2D eigenvalue weighted by atomic mass is 10.2. The molecule has 2 rings (SSSR count). The van der Waals surface area contributed by atoms with Crippen molar-refractivity contribution in [3.8, 4) is 11.4 Å². The number of hydrogen-bond acceptors (Lipinski definition) is 2.